The summed E-state index contributed by atoms with van der Waals surface area (Å²) < 4.78 is 2.40. The first-order valence-corrected chi connectivity index (χ1v) is 6.93. The molecule has 0 unspecified atom stereocenters. The SMILES string of the molecule is Cc1nn(-c2nc3ccc(C(=O)O)cc3s2)c(C)c1C#N. The van der Waals surface area contributed by atoms with E-state index in [1.54, 1.807) is 23.7 Å². The van der Waals surface area contributed by atoms with E-state index in [-0.39, 0.29) is 5.56 Å². The largest absolute Gasteiger partial charge is 0.478 e. The number of carbonyl (C=O) groups is 1. The lowest BCUT2D eigenvalue weighted by atomic mass is 10.2. The molecule has 3 aromatic rings. The number of hydrogen-bond donors (Lipinski definition) is 1. The minimum atomic E-state index is -0.968. The van der Waals surface area contributed by atoms with E-state index >= 15 is 0 Å². The highest BCUT2D eigenvalue weighted by atomic mass is 32.1. The van der Waals surface area contributed by atoms with Gasteiger partial charge in [-0.05, 0) is 32.0 Å². The molecule has 0 amide bonds. The van der Waals surface area contributed by atoms with Gasteiger partial charge in [0.1, 0.15) is 6.07 Å². The zero-order valence-corrected chi connectivity index (χ0v) is 12.1. The summed E-state index contributed by atoms with van der Waals surface area (Å²) >= 11 is 1.35. The number of fused-ring (bicyclic) bond motifs is 1. The predicted octanol–water partition coefficient (Wildman–Crippen LogP) is 2.67. The number of nitriles is 1. The van der Waals surface area contributed by atoms with Gasteiger partial charge in [-0.2, -0.15) is 10.4 Å². The molecule has 3 rings (SSSR count). The first-order valence-electron chi connectivity index (χ1n) is 6.12. The van der Waals surface area contributed by atoms with E-state index in [1.165, 1.54) is 17.4 Å². The molecule has 21 heavy (non-hydrogen) atoms. The van der Waals surface area contributed by atoms with Crippen molar-refractivity contribution in [3.63, 3.8) is 0 Å². The van der Waals surface area contributed by atoms with Gasteiger partial charge < -0.3 is 5.11 Å². The maximum Gasteiger partial charge on any atom is 0.335 e. The molecule has 0 bridgehead atoms. The minimum absolute atomic E-state index is 0.226. The van der Waals surface area contributed by atoms with Crippen LogP contribution in [0.25, 0.3) is 15.3 Å². The lowest BCUT2D eigenvalue weighted by Crippen LogP contribution is -1.98. The van der Waals surface area contributed by atoms with Crippen molar-refractivity contribution in [1.82, 2.24) is 14.8 Å². The van der Waals surface area contributed by atoms with Crippen LogP contribution in [0, 0.1) is 25.2 Å². The summed E-state index contributed by atoms with van der Waals surface area (Å²) in [4.78, 5) is 15.4. The third kappa shape index (κ3) is 2.06. The Morgan fingerprint density at radius 3 is 2.81 bits per heavy atom. The second-order valence-electron chi connectivity index (χ2n) is 4.55. The number of nitrogens with zero attached hydrogens (tertiary/aromatic N) is 4. The molecule has 0 aliphatic rings. The molecule has 0 atom stereocenters. The zero-order valence-electron chi connectivity index (χ0n) is 11.3. The van der Waals surface area contributed by atoms with E-state index in [9.17, 15) is 4.79 Å². The molecular formula is C14H10N4O2S. The van der Waals surface area contributed by atoms with E-state index in [0.29, 0.717) is 21.9 Å². The average Bonchev–Trinajstić information content (AvgIpc) is 2.98. The van der Waals surface area contributed by atoms with Gasteiger partial charge in [-0.3, -0.25) is 0 Å². The van der Waals surface area contributed by atoms with E-state index < -0.39 is 5.97 Å². The van der Waals surface area contributed by atoms with E-state index in [0.717, 1.165) is 10.4 Å². The topological polar surface area (TPSA) is 91.8 Å². The molecule has 1 aromatic carbocycles. The monoisotopic (exact) mass is 298 g/mol. The standard InChI is InChI=1S/C14H10N4O2S/c1-7-10(6-15)8(2)18(17-7)14-16-11-4-3-9(13(19)20)5-12(11)21-14/h3-5H,1-2H3,(H,19,20). The quantitative estimate of drug-likeness (QED) is 0.785. The van der Waals surface area contributed by atoms with Gasteiger partial charge >= 0.3 is 5.97 Å². The van der Waals surface area contributed by atoms with Gasteiger partial charge in [0.15, 0.2) is 0 Å². The van der Waals surface area contributed by atoms with Gasteiger partial charge in [0, 0.05) is 0 Å². The molecule has 0 fully saturated rings. The van der Waals surface area contributed by atoms with Crippen molar-refractivity contribution in [2.75, 3.05) is 0 Å². The van der Waals surface area contributed by atoms with Crippen LogP contribution in [-0.4, -0.2) is 25.8 Å². The lowest BCUT2D eigenvalue weighted by molar-refractivity contribution is 0.0697. The van der Waals surface area contributed by atoms with Crippen molar-refractivity contribution in [3.05, 3.63) is 40.7 Å². The highest BCUT2D eigenvalue weighted by Crippen LogP contribution is 2.27. The number of carboxylic acid groups (broad SMARTS) is 1. The Hall–Kier alpha value is -2.72. The summed E-state index contributed by atoms with van der Waals surface area (Å²) in [6.45, 7) is 3.59. The number of carboxylic acids is 1. The Labute approximate surface area is 123 Å². The number of rotatable bonds is 2. The van der Waals surface area contributed by atoms with Gasteiger partial charge in [-0.25, -0.2) is 14.5 Å². The lowest BCUT2D eigenvalue weighted by Gasteiger charge is -1.96. The molecule has 0 aliphatic heterocycles. The van der Waals surface area contributed by atoms with Crippen molar-refractivity contribution in [3.8, 4) is 11.2 Å². The van der Waals surface area contributed by atoms with Crippen LogP contribution >= 0.6 is 11.3 Å². The predicted molar refractivity (Wildman–Crippen MR) is 77.9 cm³/mol. The van der Waals surface area contributed by atoms with Crippen molar-refractivity contribution in [1.29, 1.82) is 5.26 Å². The van der Waals surface area contributed by atoms with Crippen LogP contribution in [-0.2, 0) is 0 Å². The molecule has 0 spiro atoms. The first-order chi connectivity index (χ1) is 10.0. The Kier molecular flexibility index (Phi) is 2.96. The molecule has 104 valence electrons. The fourth-order valence-corrected chi connectivity index (χ4v) is 3.14. The Balaban J connectivity index is 2.18. The maximum atomic E-state index is 11.0. The molecular weight excluding hydrogens is 288 g/mol. The fourth-order valence-electron chi connectivity index (χ4n) is 2.13. The van der Waals surface area contributed by atoms with Gasteiger partial charge in [0.25, 0.3) is 0 Å². The van der Waals surface area contributed by atoms with Crippen LogP contribution in [0.15, 0.2) is 18.2 Å². The highest BCUT2D eigenvalue weighted by Gasteiger charge is 2.16. The molecule has 6 nitrogen and oxygen atoms in total. The summed E-state index contributed by atoms with van der Waals surface area (Å²) in [6, 6.07) is 6.92. The molecule has 0 saturated carbocycles. The number of aromatic carboxylic acids is 1. The molecule has 7 heteroatoms. The van der Waals surface area contributed by atoms with Crippen LogP contribution in [0.4, 0.5) is 0 Å². The minimum Gasteiger partial charge on any atom is -0.478 e. The summed E-state index contributed by atoms with van der Waals surface area (Å²) in [5.41, 5.74) is 2.86. The molecule has 2 heterocycles. The van der Waals surface area contributed by atoms with Crippen LogP contribution in [0.5, 0.6) is 0 Å². The van der Waals surface area contributed by atoms with Gasteiger partial charge in [-0.15, -0.1) is 0 Å². The number of hydrogen-bond acceptors (Lipinski definition) is 5. The molecule has 2 aromatic heterocycles. The zero-order chi connectivity index (χ0) is 15.1. The van der Waals surface area contributed by atoms with Crippen molar-refractivity contribution >= 4 is 27.5 Å². The van der Waals surface area contributed by atoms with Gasteiger partial charge in [-0.1, -0.05) is 11.3 Å². The normalized spacial score (nSPS) is 10.7. The Morgan fingerprint density at radius 1 is 1.43 bits per heavy atom. The average molecular weight is 298 g/mol. The molecule has 0 saturated heterocycles. The van der Waals surface area contributed by atoms with Gasteiger partial charge in [0.2, 0.25) is 5.13 Å². The smallest absolute Gasteiger partial charge is 0.335 e. The van der Waals surface area contributed by atoms with Crippen molar-refractivity contribution < 1.29 is 9.90 Å². The number of thiazole rings is 1. The summed E-state index contributed by atoms with van der Waals surface area (Å²) in [6.07, 6.45) is 0. The highest BCUT2D eigenvalue weighted by molar-refractivity contribution is 7.20. The van der Waals surface area contributed by atoms with Crippen molar-refractivity contribution in [2.24, 2.45) is 0 Å². The summed E-state index contributed by atoms with van der Waals surface area (Å²) in [7, 11) is 0. The van der Waals surface area contributed by atoms with Crippen LogP contribution in [0.1, 0.15) is 27.3 Å². The molecule has 0 aliphatic carbocycles. The third-order valence-electron chi connectivity index (χ3n) is 3.21. The Bertz CT molecular complexity index is 917. The fraction of sp³-hybridized carbons (Fsp3) is 0.143. The Morgan fingerprint density at radius 2 is 2.19 bits per heavy atom. The molecule has 0 radical (unpaired) electrons. The van der Waals surface area contributed by atoms with E-state index in [1.807, 2.05) is 6.92 Å². The number of benzene rings is 1. The van der Waals surface area contributed by atoms with Crippen LogP contribution in [0.3, 0.4) is 0 Å². The second-order valence-corrected chi connectivity index (χ2v) is 5.56. The molecule has 1 N–H and O–H groups in total. The van der Waals surface area contributed by atoms with E-state index in [4.69, 9.17) is 10.4 Å². The summed E-state index contributed by atoms with van der Waals surface area (Å²) in [5.74, 6) is -0.968. The second kappa shape index (κ2) is 4.68. The number of aromatic nitrogens is 3. The van der Waals surface area contributed by atoms with Gasteiger partial charge in [0.05, 0.1) is 32.7 Å². The first kappa shape index (κ1) is 13.3. The van der Waals surface area contributed by atoms with Crippen LogP contribution in [0.2, 0.25) is 0 Å². The van der Waals surface area contributed by atoms with Crippen LogP contribution < -0.4 is 0 Å². The number of aryl methyl sites for hydroxylation is 1. The maximum absolute atomic E-state index is 11.0. The summed E-state index contributed by atoms with van der Waals surface area (Å²) in [5, 5.41) is 23.1. The van der Waals surface area contributed by atoms with Crippen molar-refractivity contribution in [2.45, 2.75) is 13.8 Å². The third-order valence-corrected chi connectivity index (χ3v) is 4.20. The van der Waals surface area contributed by atoms with E-state index in [2.05, 4.69) is 16.2 Å².